The van der Waals surface area contributed by atoms with Crippen molar-refractivity contribution in [2.45, 2.75) is 12.7 Å². The first kappa shape index (κ1) is 18.7. The Hall–Kier alpha value is -2.68. The van der Waals surface area contributed by atoms with Gasteiger partial charge in [0.05, 0.1) is 22.9 Å². The quantitative estimate of drug-likeness (QED) is 0.637. The van der Waals surface area contributed by atoms with Gasteiger partial charge in [0.25, 0.3) is 0 Å². The number of rotatable bonds is 4. The Balaban J connectivity index is 1.37. The zero-order valence-corrected chi connectivity index (χ0v) is 15.0. The van der Waals surface area contributed by atoms with Crippen LogP contribution in [-0.4, -0.2) is 52.2 Å². The molecule has 0 unspecified atom stereocenters. The molecule has 9 heteroatoms. The normalized spacial score (nSPS) is 16.1. The van der Waals surface area contributed by atoms with Crippen LogP contribution in [-0.2, 0) is 12.7 Å². The van der Waals surface area contributed by atoms with Gasteiger partial charge in [-0.05, 0) is 24.3 Å². The van der Waals surface area contributed by atoms with Crippen molar-refractivity contribution in [1.29, 1.82) is 0 Å². The van der Waals surface area contributed by atoms with Gasteiger partial charge in [0.1, 0.15) is 11.6 Å². The molecule has 5 nitrogen and oxygen atoms in total. The van der Waals surface area contributed by atoms with Gasteiger partial charge in [0.2, 0.25) is 0 Å². The molecule has 0 amide bonds. The molecular weight excluding hydrogens is 374 g/mol. The molecule has 1 fully saturated rings. The molecule has 1 aliphatic rings. The van der Waals surface area contributed by atoms with E-state index in [0.717, 1.165) is 18.1 Å². The second kappa shape index (κ2) is 7.38. The third kappa shape index (κ3) is 3.80. The highest BCUT2D eigenvalue weighted by Gasteiger charge is 2.36. The second-order valence-electron chi connectivity index (χ2n) is 6.77. The van der Waals surface area contributed by atoms with E-state index in [1.54, 1.807) is 17.3 Å². The van der Waals surface area contributed by atoms with Crippen molar-refractivity contribution in [1.82, 2.24) is 19.4 Å². The fourth-order valence-corrected chi connectivity index (χ4v) is 3.52. The molecule has 1 saturated heterocycles. The second-order valence-corrected chi connectivity index (χ2v) is 6.77. The van der Waals surface area contributed by atoms with Gasteiger partial charge >= 0.3 is 6.18 Å². The summed E-state index contributed by atoms with van der Waals surface area (Å²) in [5, 5.41) is 0. The van der Waals surface area contributed by atoms with Gasteiger partial charge < -0.3 is 9.47 Å². The van der Waals surface area contributed by atoms with Crippen LogP contribution in [0.2, 0.25) is 0 Å². The average Bonchev–Trinajstić information content (AvgIpc) is 3.08. The number of benzene rings is 1. The summed E-state index contributed by atoms with van der Waals surface area (Å²) >= 11 is 0. The third-order valence-corrected chi connectivity index (χ3v) is 5.00. The van der Waals surface area contributed by atoms with E-state index in [1.165, 1.54) is 24.4 Å². The lowest BCUT2D eigenvalue weighted by Crippen LogP contribution is -2.48. The highest BCUT2D eigenvalue weighted by molar-refractivity contribution is 5.75. The van der Waals surface area contributed by atoms with E-state index in [-0.39, 0.29) is 11.6 Å². The summed E-state index contributed by atoms with van der Waals surface area (Å²) in [7, 11) is 0. The molecule has 4 rings (SSSR count). The van der Waals surface area contributed by atoms with Crippen molar-refractivity contribution in [3.8, 4) is 0 Å². The van der Waals surface area contributed by atoms with E-state index in [1.807, 2.05) is 4.57 Å². The summed E-state index contributed by atoms with van der Waals surface area (Å²) in [6, 6.07) is 6.89. The zero-order valence-electron chi connectivity index (χ0n) is 15.0. The summed E-state index contributed by atoms with van der Waals surface area (Å²) in [6.07, 6.45) is -1.34. The van der Waals surface area contributed by atoms with Gasteiger partial charge in [-0.1, -0.05) is 0 Å². The largest absolute Gasteiger partial charge is 0.419 e. The Morgan fingerprint density at radius 2 is 1.75 bits per heavy atom. The van der Waals surface area contributed by atoms with Crippen molar-refractivity contribution in [3.63, 3.8) is 0 Å². The first-order valence-electron chi connectivity index (χ1n) is 9.02. The van der Waals surface area contributed by atoms with Crippen LogP contribution in [0.15, 0.2) is 42.9 Å². The maximum atomic E-state index is 13.3. The molecule has 0 radical (unpaired) electrons. The molecule has 3 aromatic rings. The van der Waals surface area contributed by atoms with E-state index in [9.17, 15) is 17.6 Å². The number of nitrogens with zero attached hydrogens (tertiary/aromatic N) is 5. The topological polar surface area (TPSA) is 37.2 Å². The Kier molecular flexibility index (Phi) is 4.92. The summed E-state index contributed by atoms with van der Waals surface area (Å²) in [6.45, 7) is 3.68. The lowest BCUT2D eigenvalue weighted by Gasteiger charge is -2.36. The van der Waals surface area contributed by atoms with Gasteiger partial charge in [0.15, 0.2) is 0 Å². The molecule has 0 atom stereocenters. The highest BCUT2D eigenvalue weighted by Crippen LogP contribution is 2.35. The van der Waals surface area contributed by atoms with E-state index in [4.69, 9.17) is 0 Å². The smallest absolute Gasteiger partial charge is 0.354 e. The van der Waals surface area contributed by atoms with Crippen LogP contribution in [0.25, 0.3) is 11.0 Å². The van der Waals surface area contributed by atoms with Crippen LogP contribution < -0.4 is 4.90 Å². The van der Waals surface area contributed by atoms with Gasteiger partial charge in [0, 0.05) is 51.5 Å². The molecule has 1 aliphatic heterocycles. The van der Waals surface area contributed by atoms with Crippen LogP contribution in [0, 0.1) is 5.82 Å². The first-order valence-corrected chi connectivity index (χ1v) is 9.02. The number of aromatic nitrogens is 3. The van der Waals surface area contributed by atoms with Crippen LogP contribution in [0.1, 0.15) is 5.56 Å². The fourth-order valence-electron chi connectivity index (χ4n) is 3.52. The highest BCUT2D eigenvalue weighted by atomic mass is 19.4. The van der Waals surface area contributed by atoms with Crippen molar-refractivity contribution in [2.75, 3.05) is 37.6 Å². The molecule has 0 bridgehead atoms. The van der Waals surface area contributed by atoms with Gasteiger partial charge in [-0.25, -0.2) is 14.4 Å². The Morgan fingerprint density at radius 1 is 0.964 bits per heavy atom. The molecule has 3 heterocycles. The van der Waals surface area contributed by atoms with Crippen LogP contribution in [0.4, 0.5) is 23.4 Å². The van der Waals surface area contributed by atoms with E-state index < -0.39 is 11.7 Å². The number of anilines is 1. The number of hydrogen-bond acceptors (Lipinski definition) is 4. The predicted molar refractivity (Wildman–Crippen MR) is 97.6 cm³/mol. The van der Waals surface area contributed by atoms with Crippen LogP contribution in [0.5, 0.6) is 0 Å². The molecule has 0 N–H and O–H groups in total. The molecule has 148 valence electrons. The minimum atomic E-state index is -4.41. The molecule has 0 saturated carbocycles. The van der Waals surface area contributed by atoms with Crippen molar-refractivity contribution in [2.24, 2.45) is 0 Å². The predicted octanol–water partition coefficient (Wildman–Crippen LogP) is 3.41. The monoisotopic (exact) mass is 393 g/mol. The number of piperazine rings is 1. The minimum Gasteiger partial charge on any atom is -0.354 e. The lowest BCUT2D eigenvalue weighted by atomic mass is 10.2. The number of pyridine rings is 1. The fraction of sp³-hybridized carbons (Fsp3) is 0.368. The molecule has 1 aromatic carbocycles. The van der Waals surface area contributed by atoms with E-state index in [2.05, 4.69) is 14.9 Å². The molecule has 28 heavy (non-hydrogen) atoms. The molecular formula is C19H19F4N5. The van der Waals surface area contributed by atoms with Crippen molar-refractivity contribution >= 4 is 16.9 Å². The Bertz CT molecular complexity index is 960. The maximum Gasteiger partial charge on any atom is 0.419 e. The molecule has 0 spiro atoms. The Labute approximate surface area is 159 Å². The summed E-state index contributed by atoms with van der Waals surface area (Å²) < 4.78 is 54.8. The number of imidazole rings is 1. The van der Waals surface area contributed by atoms with Gasteiger partial charge in [-0.3, -0.25) is 4.90 Å². The van der Waals surface area contributed by atoms with Gasteiger partial charge in [-0.15, -0.1) is 0 Å². The SMILES string of the molecule is Fc1ccc2c(c1)ncn2CCN1CCN(c2ncccc2C(F)(F)F)CC1. The van der Waals surface area contributed by atoms with Crippen molar-refractivity contribution < 1.29 is 17.6 Å². The number of hydrogen-bond donors (Lipinski definition) is 0. The minimum absolute atomic E-state index is 0.00252. The lowest BCUT2D eigenvalue weighted by molar-refractivity contribution is -0.137. The summed E-state index contributed by atoms with van der Waals surface area (Å²) in [5.74, 6) is -0.320. The maximum absolute atomic E-state index is 13.3. The number of halogens is 4. The molecule has 0 aliphatic carbocycles. The number of alkyl halides is 3. The number of fused-ring (bicyclic) bond motifs is 1. The third-order valence-electron chi connectivity index (χ3n) is 5.00. The summed E-state index contributed by atoms with van der Waals surface area (Å²) in [4.78, 5) is 12.1. The van der Waals surface area contributed by atoms with Crippen LogP contribution in [0.3, 0.4) is 0 Å². The van der Waals surface area contributed by atoms with Crippen LogP contribution >= 0.6 is 0 Å². The van der Waals surface area contributed by atoms with Gasteiger partial charge in [-0.2, -0.15) is 13.2 Å². The average molecular weight is 393 g/mol. The first-order chi connectivity index (χ1) is 13.4. The standard InChI is InChI=1S/C19H19F4N5/c20-14-3-4-17-16(12-14)25-13-28(17)11-8-26-6-9-27(10-7-26)18-15(19(21,22)23)2-1-5-24-18/h1-5,12-13H,6-11H2. The van der Waals surface area contributed by atoms with E-state index in [0.29, 0.717) is 38.2 Å². The Morgan fingerprint density at radius 3 is 2.50 bits per heavy atom. The zero-order chi connectivity index (χ0) is 19.7. The van der Waals surface area contributed by atoms with E-state index >= 15 is 0 Å². The summed E-state index contributed by atoms with van der Waals surface area (Å²) in [5.41, 5.74) is 0.781. The molecule has 2 aromatic heterocycles. The van der Waals surface area contributed by atoms with Crippen molar-refractivity contribution in [3.05, 3.63) is 54.2 Å².